The Hall–Kier alpha value is -4.26. The van der Waals surface area contributed by atoms with Gasteiger partial charge in [0.05, 0.1) is 18.4 Å². The van der Waals surface area contributed by atoms with Crippen molar-refractivity contribution < 1.29 is 4.79 Å². The zero-order valence-corrected chi connectivity index (χ0v) is 16.1. The summed E-state index contributed by atoms with van der Waals surface area (Å²) in [6.45, 7) is 0.125. The fraction of sp³-hybridized carbons (Fsp3) is 0.0435. The number of carbonyl (C=O) groups is 1. The number of amides is 1. The molecule has 0 unspecified atom stereocenters. The number of pyridine rings is 1. The molecule has 1 amide bonds. The van der Waals surface area contributed by atoms with Crippen LogP contribution < -0.4 is 10.7 Å². The first-order valence-electron chi connectivity index (χ1n) is 9.46. The molecule has 2 aromatic carbocycles. The van der Waals surface area contributed by atoms with E-state index in [0.717, 1.165) is 28.2 Å². The van der Waals surface area contributed by atoms with E-state index in [9.17, 15) is 4.79 Å². The molecule has 0 spiro atoms. The van der Waals surface area contributed by atoms with Crippen LogP contribution in [0.1, 0.15) is 5.56 Å². The van der Waals surface area contributed by atoms with Gasteiger partial charge in [-0.05, 0) is 36.4 Å². The van der Waals surface area contributed by atoms with Gasteiger partial charge in [-0.15, -0.1) is 0 Å². The zero-order chi connectivity index (χ0) is 20.6. The Bertz CT molecular complexity index is 1120. The molecule has 0 atom stereocenters. The quantitative estimate of drug-likeness (QED) is 0.370. The highest BCUT2D eigenvalue weighted by molar-refractivity contribution is 5.90. The highest BCUT2D eigenvalue weighted by Gasteiger charge is 2.11. The predicted octanol–water partition coefficient (Wildman–Crippen LogP) is 3.50. The molecule has 0 fully saturated rings. The Morgan fingerprint density at radius 3 is 2.50 bits per heavy atom. The first-order valence-corrected chi connectivity index (χ1v) is 9.46. The van der Waals surface area contributed by atoms with Crippen LogP contribution >= 0.6 is 0 Å². The Labute approximate surface area is 174 Å². The number of nitrogens with one attached hydrogen (secondary N) is 2. The number of nitrogens with zero attached hydrogens (tertiary/aromatic N) is 4. The van der Waals surface area contributed by atoms with E-state index in [2.05, 4.69) is 25.9 Å². The lowest BCUT2D eigenvalue weighted by atomic mass is 10.1. The molecule has 2 heterocycles. The van der Waals surface area contributed by atoms with E-state index in [1.807, 2.05) is 79.0 Å². The van der Waals surface area contributed by atoms with E-state index >= 15 is 0 Å². The summed E-state index contributed by atoms with van der Waals surface area (Å²) in [6, 6.07) is 23.1. The van der Waals surface area contributed by atoms with Gasteiger partial charge >= 0.3 is 0 Å². The van der Waals surface area contributed by atoms with E-state index in [4.69, 9.17) is 0 Å². The number of aromatic nitrogens is 3. The predicted molar refractivity (Wildman–Crippen MR) is 117 cm³/mol. The van der Waals surface area contributed by atoms with Crippen molar-refractivity contribution in [3.8, 4) is 16.9 Å². The molecule has 2 N–H and O–H groups in total. The monoisotopic (exact) mass is 396 g/mol. The molecule has 4 aromatic rings. The van der Waals surface area contributed by atoms with Gasteiger partial charge in [0.15, 0.2) is 0 Å². The molecule has 30 heavy (non-hydrogen) atoms. The Morgan fingerprint density at radius 1 is 1.00 bits per heavy atom. The number of anilines is 1. The van der Waals surface area contributed by atoms with Crippen molar-refractivity contribution >= 4 is 17.8 Å². The van der Waals surface area contributed by atoms with Gasteiger partial charge in [-0.1, -0.05) is 36.4 Å². The van der Waals surface area contributed by atoms with Gasteiger partial charge in [-0.3, -0.25) is 9.78 Å². The smallest absolute Gasteiger partial charge is 0.259 e. The summed E-state index contributed by atoms with van der Waals surface area (Å²) in [5.41, 5.74) is 6.71. The van der Waals surface area contributed by atoms with Crippen molar-refractivity contribution in [3.63, 3.8) is 0 Å². The number of hydrazone groups is 1. The van der Waals surface area contributed by atoms with Crippen molar-refractivity contribution in [2.24, 2.45) is 5.10 Å². The first-order chi connectivity index (χ1) is 14.8. The summed E-state index contributed by atoms with van der Waals surface area (Å²) in [6.07, 6.45) is 6.92. The largest absolute Gasteiger partial charge is 0.376 e. The molecule has 0 saturated carbocycles. The molecule has 0 saturated heterocycles. The highest BCUT2D eigenvalue weighted by Crippen LogP contribution is 2.21. The SMILES string of the molecule is O=C(CNc1ccccc1)N/N=C\c1cn(-c2ccccc2)nc1-c1cccnc1. The number of carbonyl (C=O) groups excluding carboxylic acids is 1. The van der Waals surface area contributed by atoms with Crippen LogP contribution in [0, 0.1) is 0 Å². The number of hydrogen-bond acceptors (Lipinski definition) is 5. The fourth-order valence-corrected chi connectivity index (χ4v) is 2.87. The molecule has 148 valence electrons. The Balaban J connectivity index is 1.49. The third kappa shape index (κ3) is 4.77. The van der Waals surface area contributed by atoms with E-state index in [1.165, 1.54) is 0 Å². The number of rotatable bonds is 7. The van der Waals surface area contributed by atoms with Crippen molar-refractivity contribution in [1.82, 2.24) is 20.2 Å². The molecule has 7 heteroatoms. The third-order valence-electron chi connectivity index (χ3n) is 4.32. The van der Waals surface area contributed by atoms with Crippen molar-refractivity contribution in [2.45, 2.75) is 0 Å². The van der Waals surface area contributed by atoms with Crippen molar-refractivity contribution in [1.29, 1.82) is 0 Å². The van der Waals surface area contributed by atoms with E-state index in [1.54, 1.807) is 23.3 Å². The van der Waals surface area contributed by atoms with Crippen LogP contribution in [0.5, 0.6) is 0 Å². The molecule has 0 aliphatic heterocycles. The maximum Gasteiger partial charge on any atom is 0.259 e. The fourth-order valence-electron chi connectivity index (χ4n) is 2.87. The lowest BCUT2D eigenvalue weighted by molar-refractivity contribution is -0.119. The van der Waals surface area contributed by atoms with Gasteiger partial charge in [0.25, 0.3) is 5.91 Å². The van der Waals surface area contributed by atoms with Gasteiger partial charge in [-0.2, -0.15) is 10.2 Å². The van der Waals surface area contributed by atoms with E-state index in [-0.39, 0.29) is 12.5 Å². The minimum absolute atomic E-state index is 0.125. The minimum Gasteiger partial charge on any atom is -0.376 e. The first kappa shape index (κ1) is 19.1. The lowest BCUT2D eigenvalue weighted by Crippen LogP contribution is -2.25. The van der Waals surface area contributed by atoms with Gasteiger partial charge in [0.1, 0.15) is 5.69 Å². The van der Waals surface area contributed by atoms with Crippen molar-refractivity contribution in [2.75, 3.05) is 11.9 Å². The van der Waals surface area contributed by atoms with E-state index in [0.29, 0.717) is 0 Å². The second kappa shape index (κ2) is 9.29. The van der Waals surface area contributed by atoms with Crippen LogP contribution in [-0.2, 0) is 4.79 Å². The van der Waals surface area contributed by atoms with Crippen LogP contribution in [0.25, 0.3) is 16.9 Å². The summed E-state index contributed by atoms with van der Waals surface area (Å²) < 4.78 is 1.78. The van der Waals surface area contributed by atoms with Crippen LogP contribution in [0.15, 0.2) is 96.5 Å². The second-order valence-electron chi connectivity index (χ2n) is 6.47. The molecule has 0 aliphatic rings. The van der Waals surface area contributed by atoms with Gasteiger partial charge in [-0.25, -0.2) is 10.1 Å². The summed E-state index contributed by atoms with van der Waals surface area (Å²) in [7, 11) is 0. The van der Waals surface area contributed by atoms with Gasteiger partial charge in [0, 0.05) is 35.4 Å². The maximum atomic E-state index is 12.1. The standard InChI is InChI=1S/C23H20N6O/c30-22(16-25-20-9-3-1-4-10-20)27-26-15-19-17-29(21-11-5-2-6-12-21)28-23(19)18-8-7-13-24-14-18/h1-15,17,25H,16H2,(H,27,30)/b26-15-. The molecule has 0 aliphatic carbocycles. The second-order valence-corrected chi connectivity index (χ2v) is 6.47. The lowest BCUT2D eigenvalue weighted by Gasteiger charge is -2.04. The number of benzene rings is 2. The van der Waals surface area contributed by atoms with Crippen LogP contribution in [0.2, 0.25) is 0 Å². The summed E-state index contributed by atoms with van der Waals surface area (Å²) in [5.74, 6) is -0.242. The topological polar surface area (TPSA) is 84.2 Å². The molecular formula is C23H20N6O. The van der Waals surface area contributed by atoms with Crippen LogP contribution in [0.4, 0.5) is 5.69 Å². The summed E-state index contributed by atoms with van der Waals surface area (Å²) >= 11 is 0. The molecule has 2 aromatic heterocycles. The molecule has 0 bridgehead atoms. The molecule has 0 radical (unpaired) electrons. The number of hydrogen-bond donors (Lipinski definition) is 2. The maximum absolute atomic E-state index is 12.1. The molecule has 4 rings (SSSR count). The normalized spacial score (nSPS) is 10.8. The van der Waals surface area contributed by atoms with Crippen LogP contribution in [0.3, 0.4) is 0 Å². The zero-order valence-electron chi connectivity index (χ0n) is 16.1. The average molecular weight is 396 g/mol. The van der Waals surface area contributed by atoms with Gasteiger partial charge < -0.3 is 5.32 Å². The Kier molecular flexibility index (Phi) is 5.91. The third-order valence-corrected chi connectivity index (χ3v) is 4.32. The molecule has 7 nitrogen and oxygen atoms in total. The molecular weight excluding hydrogens is 376 g/mol. The minimum atomic E-state index is -0.242. The van der Waals surface area contributed by atoms with Crippen LogP contribution in [-0.4, -0.2) is 33.4 Å². The van der Waals surface area contributed by atoms with Crippen molar-refractivity contribution in [3.05, 3.63) is 97.0 Å². The highest BCUT2D eigenvalue weighted by atomic mass is 16.2. The average Bonchev–Trinajstić information content (AvgIpc) is 3.24. The number of para-hydroxylation sites is 2. The van der Waals surface area contributed by atoms with E-state index < -0.39 is 0 Å². The summed E-state index contributed by atoms with van der Waals surface area (Å²) in [4.78, 5) is 16.2. The Morgan fingerprint density at radius 2 is 1.77 bits per heavy atom. The van der Waals surface area contributed by atoms with Gasteiger partial charge in [0.2, 0.25) is 0 Å². The summed E-state index contributed by atoms with van der Waals surface area (Å²) in [5, 5.41) is 11.8.